The molecule has 1 aliphatic heterocycles. The summed E-state index contributed by atoms with van der Waals surface area (Å²) in [6.07, 6.45) is 7.22. The van der Waals surface area contributed by atoms with Crippen LogP contribution < -0.4 is 20.7 Å². The van der Waals surface area contributed by atoms with E-state index in [1.807, 2.05) is 13.0 Å². The molecule has 0 aliphatic carbocycles. The lowest BCUT2D eigenvalue weighted by molar-refractivity contribution is 0.0906. The van der Waals surface area contributed by atoms with Crippen LogP contribution in [0.2, 0.25) is 0 Å². The molecule has 2 aromatic heterocycles. The summed E-state index contributed by atoms with van der Waals surface area (Å²) >= 11 is 0. The van der Waals surface area contributed by atoms with Crippen molar-refractivity contribution in [2.75, 3.05) is 44.6 Å². The number of imidazole rings is 1. The van der Waals surface area contributed by atoms with Gasteiger partial charge in [-0.1, -0.05) is 6.92 Å². The molecule has 0 radical (unpaired) electrons. The maximum atomic E-state index is 14.3. The third-order valence-corrected chi connectivity index (χ3v) is 6.81. The lowest BCUT2D eigenvalue weighted by atomic mass is 9.89. The summed E-state index contributed by atoms with van der Waals surface area (Å²) in [5.74, 6) is -1.29. The monoisotopic (exact) mass is 554 g/mol. The minimum absolute atomic E-state index is 0.0314. The Kier molecular flexibility index (Phi) is 8.63. The van der Waals surface area contributed by atoms with Gasteiger partial charge in [-0.25, -0.2) is 18.6 Å². The third-order valence-electron chi connectivity index (χ3n) is 6.81. The van der Waals surface area contributed by atoms with Gasteiger partial charge in [-0.05, 0) is 24.1 Å². The molecule has 1 amide bonds. The highest BCUT2D eigenvalue weighted by Crippen LogP contribution is 2.32. The average Bonchev–Trinajstić information content (AvgIpc) is 3.37. The maximum Gasteiger partial charge on any atom is 0.409 e. The van der Waals surface area contributed by atoms with E-state index < -0.39 is 23.3 Å². The highest BCUT2D eigenvalue weighted by molar-refractivity contribution is 6.09. The molecule has 1 saturated heterocycles. The van der Waals surface area contributed by atoms with E-state index in [2.05, 4.69) is 25.2 Å². The number of likely N-dealkylation sites (N-methyl/N-ethyl adjacent to an activating group) is 1. The Labute approximate surface area is 230 Å². The summed E-state index contributed by atoms with van der Waals surface area (Å²) in [6, 6.07) is 3.43. The van der Waals surface area contributed by atoms with E-state index in [4.69, 9.17) is 20.6 Å². The number of allylic oxidation sites excluding steroid dienone is 1. The van der Waals surface area contributed by atoms with Crippen LogP contribution in [0.4, 0.5) is 30.9 Å². The first-order valence-electron chi connectivity index (χ1n) is 12.5. The molecule has 4 rings (SSSR count). The molecule has 11 nitrogen and oxygen atoms in total. The second kappa shape index (κ2) is 12.1. The first-order chi connectivity index (χ1) is 19.1. The topological polar surface area (TPSA) is 145 Å². The predicted molar refractivity (Wildman–Crippen MR) is 148 cm³/mol. The van der Waals surface area contributed by atoms with Gasteiger partial charge in [0.15, 0.2) is 0 Å². The predicted octanol–water partition coefficient (Wildman–Crippen LogP) is 3.77. The van der Waals surface area contributed by atoms with Gasteiger partial charge in [0.1, 0.15) is 17.4 Å². The van der Waals surface area contributed by atoms with Crippen LogP contribution in [-0.4, -0.2) is 78.1 Å². The number of aromatic nitrogens is 3. The lowest BCUT2D eigenvalue weighted by Gasteiger charge is -2.45. The number of ether oxygens (including phenoxy) is 2. The molecule has 0 bridgehead atoms. The first-order valence-corrected chi connectivity index (χ1v) is 12.5. The minimum atomic E-state index is -0.891. The Morgan fingerprint density at radius 3 is 2.65 bits per heavy atom. The van der Waals surface area contributed by atoms with Gasteiger partial charge in [-0.2, -0.15) is 0 Å². The molecule has 3 unspecified atom stereocenters. The van der Waals surface area contributed by atoms with Crippen molar-refractivity contribution in [3.8, 4) is 5.75 Å². The van der Waals surface area contributed by atoms with Gasteiger partial charge in [0, 0.05) is 44.5 Å². The number of nitrogens with two attached hydrogens (primary N) is 1. The second-order valence-corrected chi connectivity index (χ2v) is 9.54. The number of pyridine rings is 1. The highest BCUT2D eigenvalue weighted by atomic mass is 19.1. The van der Waals surface area contributed by atoms with Crippen LogP contribution in [-0.2, 0) is 4.74 Å². The van der Waals surface area contributed by atoms with Crippen LogP contribution in [0.3, 0.4) is 0 Å². The largest absolute Gasteiger partial charge is 0.497 e. The molecule has 40 heavy (non-hydrogen) atoms. The van der Waals surface area contributed by atoms with Gasteiger partial charge < -0.3 is 40.7 Å². The minimum Gasteiger partial charge on any atom is -0.497 e. The zero-order chi connectivity index (χ0) is 29.0. The zero-order valence-electron chi connectivity index (χ0n) is 22.6. The fraction of sp³-hybridized carbons (Fsp3) is 0.333. The van der Waals surface area contributed by atoms with Gasteiger partial charge in [0.2, 0.25) is 5.95 Å². The van der Waals surface area contributed by atoms with Gasteiger partial charge in [-0.15, -0.1) is 0 Å². The maximum absolute atomic E-state index is 14.3. The molecule has 0 saturated carbocycles. The Bertz CT molecular complexity index is 1380. The van der Waals surface area contributed by atoms with Crippen LogP contribution >= 0.6 is 0 Å². The number of hydrogen-bond donors (Lipinski definition) is 4. The van der Waals surface area contributed by atoms with E-state index >= 15 is 0 Å². The van der Waals surface area contributed by atoms with E-state index in [9.17, 15) is 13.6 Å². The Morgan fingerprint density at radius 2 is 2.00 bits per heavy atom. The van der Waals surface area contributed by atoms with Crippen LogP contribution in [0.15, 0.2) is 42.9 Å². The van der Waals surface area contributed by atoms with Crippen molar-refractivity contribution in [1.82, 2.24) is 19.9 Å². The van der Waals surface area contributed by atoms with E-state index in [1.54, 1.807) is 24.3 Å². The average molecular weight is 555 g/mol. The number of amides is 1. The molecular weight excluding hydrogens is 522 g/mol. The van der Waals surface area contributed by atoms with Crippen LogP contribution in [0.25, 0.3) is 6.08 Å². The first kappa shape index (κ1) is 28.5. The Morgan fingerprint density at radius 1 is 1.27 bits per heavy atom. The molecule has 212 valence electrons. The molecule has 13 heteroatoms. The van der Waals surface area contributed by atoms with Crippen molar-refractivity contribution in [3.63, 3.8) is 0 Å². The number of nitrogens with zero attached hydrogens (tertiary/aromatic N) is 4. The van der Waals surface area contributed by atoms with Crippen LogP contribution in [0.5, 0.6) is 5.75 Å². The Balaban J connectivity index is 1.47. The summed E-state index contributed by atoms with van der Waals surface area (Å²) in [7, 11) is 4.34. The molecule has 1 aromatic carbocycles. The summed E-state index contributed by atoms with van der Waals surface area (Å²) < 4.78 is 38.3. The number of halogens is 2. The van der Waals surface area contributed by atoms with Crippen molar-refractivity contribution < 1.29 is 23.0 Å². The fourth-order valence-electron chi connectivity index (χ4n) is 5.00. The molecule has 3 heterocycles. The number of benzene rings is 1. The summed E-state index contributed by atoms with van der Waals surface area (Å²) in [5, 5.41) is 11.3. The van der Waals surface area contributed by atoms with E-state index in [0.29, 0.717) is 30.4 Å². The number of hydrogen-bond acceptors (Lipinski definition) is 9. The third kappa shape index (κ3) is 6.04. The van der Waals surface area contributed by atoms with Crippen molar-refractivity contribution in [2.24, 2.45) is 11.7 Å². The van der Waals surface area contributed by atoms with Crippen molar-refractivity contribution in [3.05, 3.63) is 65.8 Å². The number of H-pyrrole nitrogens is 1. The molecular formula is C27H32F2N8O3. The molecule has 1 fully saturated rings. The van der Waals surface area contributed by atoms with Gasteiger partial charge in [0.25, 0.3) is 0 Å². The molecule has 3 atom stereocenters. The van der Waals surface area contributed by atoms with Crippen LogP contribution in [0.1, 0.15) is 18.2 Å². The van der Waals surface area contributed by atoms with E-state index in [0.717, 1.165) is 17.8 Å². The highest BCUT2D eigenvalue weighted by Gasteiger charge is 2.38. The summed E-state index contributed by atoms with van der Waals surface area (Å²) in [5.41, 5.74) is 7.76. The summed E-state index contributed by atoms with van der Waals surface area (Å²) in [6.45, 7) is 3.18. The number of piperidine rings is 1. The van der Waals surface area contributed by atoms with E-state index in [1.165, 1.54) is 32.6 Å². The van der Waals surface area contributed by atoms with Crippen molar-refractivity contribution in [2.45, 2.75) is 19.0 Å². The number of carbonyl (C=O) groups excluding carboxylic acids is 1. The summed E-state index contributed by atoms with van der Waals surface area (Å²) in [4.78, 5) is 27.4. The number of rotatable bonds is 8. The van der Waals surface area contributed by atoms with Crippen molar-refractivity contribution in [1.29, 1.82) is 5.41 Å². The quantitative estimate of drug-likeness (QED) is 0.308. The second-order valence-electron chi connectivity index (χ2n) is 9.54. The zero-order valence-corrected chi connectivity index (χ0v) is 22.6. The molecule has 3 aromatic rings. The van der Waals surface area contributed by atoms with Crippen LogP contribution in [0, 0.1) is 23.0 Å². The van der Waals surface area contributed by atoms with Gasteiger partial charge in [-0.3, -0.25) is 4.98 Å². The van der Waals surface area contributed by atoms with Crippen molar-refractivity contribution >= 4 is 35.2 Å². The lowest BCUT2D eigenvalue weighted by Crippen LogP contribution is -2.62. The normalized spacial score (nSPS) is 19.0. The number of methoxy groups -OCH3 is 2. The molecule has 1 aliphatic rings. The standard InChI is InChI=1S/C27H32F2N8O3/c1-15-13-37(14-21(31)25(15)36(2)27(38)40-4)23-7-8-32-12-22(23)35-26-33-11-16(34-26)5-6-20(30)24-18(28)9-17(39-3)10-19(24)29/h5-12,15,21,25,30H,13-14,31H2,1-4H3,(H2,33,34,35)/b6-5-,30-20?. The van der Waals surface area contributed by atoms with Gasteiger partial charge in [0.05, 0.1) is 61.0 Å². The number of aromatic amines is 1. The van der Waals surface area contributed by atoms with E-state index in [-0.39, 0.29) is 29.5 Å². The number of carbonyl (C=O) groups is 1. The molecule has 0 spiro atoms. The Hall–Kier alpha value is -4.52. The molecule has 5 N–H and O–H groups in total. The SMILES string of the molecule is COC(=O)N(C)C1C(C)CN(c2ccncc2Nc2ncc(/C=C\C(=N)c3c(F)cc(OC)cc3F)[nH]2)CC1N. The smallest absolute Gasteiger partial charge is 0.409 e. The fourth-order valence-corrected chi connectivity index (χ4v) is 5.00. The number of nitrogens with one attached hydrogen (secondary N) is 3. The number of anilines is 3. The van der Waals surface area contributed by atoms with Gasteiger partial charge >= 0.3 is 6.09 Å².